The number of anilines is 1. The summed E-state index contributed by atoms with van der Waals surface area (Å²) in [6.45, 7) is 6.06. The highest BCUT2D eigenvalue weighted by atomic mass is 79.9. The lowest BCUT2D eigenvalue weighted by atomic mass is 9.68. The van der Waals surface area contributed by atoms with Gasteiger partial charge in [-0.25, -0.2) is 14.6 Å². The molecule has 12 heteroatoms. The molecule has 3 aliphatic rings. The Balaban J connectivity index is 1.02. The lowest BCUT2D eigenvalue weighted by Crippen LogP contribution is -2.55. The second kappa shape index (κ2) is 14.0. The number of carbonyl (C=O) groups excluding carboxylic acids is 1. The molecule has 2 aliphatic heterocycles. The number of nitrogens with two attached hydrogens (primary N) is 1. The Labute approximate surface area is 290 Å². The van der Waals surface area contributed by atoms with Crippen molar-refractivity contribution in [2.24, 2.45) is 11.7 Å². The fraction of sp³-hybridized carbons (Fsp3) is 0.500. The summed E-state index contributed by atoms with van der Waals surface area (Å²) >= 11 is 3.65. The number of amides is 1. The van der Waals surface area contributed by atoms with Crippen molar-refractivity contribution in [2.45, 2.75) is 50.6 Å². The van der Waals surface area contributed by atoms with Gasteiger partial charge in [-0.05, 0) is 80.0 Å². The molecule has 0 unspecified atom stereocenters. The number of piperazine rings is 1. The van der Waals surface area contributed by atoms with Crippen molar-refractivity contribution in [3.63, 3.8) is 0 Å². The molecule has 11 nitrogen and oxygen atoms in total. The molecule has 4 heterocycles. The van der Waals surface area contributed by atoms with Gasteiger partial charge >= 0.3 is 0 Å². The summed E-state index contributed by atoms with van der Waals surface area (Å²) in [5.74, 6) is 2.75. The first-order valence-corrected chi connectivity index (χ1v) is 17.9. The number of halogens is 1. The number of aromatic nitrogens is 4. The number of carbonyl (C=O) groups is 1. The average molecular weight is 718 g/mol. The Bertz CT molecular complexity index is 1760. The highest BCUT2D eigenvalue weighted by molar-refractivity contribution is 9.10. The molecule has 2 fully saturated rings. The van der Waals surface area contributed by atoms with Gasteiger partial charge < -0.3 is 25.0 Å². The molecule has 1 saturated heterocycles. The Morgan fingerprint density at radius 1 is 1.02 bits per heavy atom. The number of fused-ring (bicyclic) bond motifs is 3. The zero-order valence-corrected chi connectivity index (χ0v) is 29.5. The quantitative estimate of drug-likeness (QED) is 0.266. The fourth-order valence-electron chi connectivity index (χ4n) is 8.17. The van der Waals surface area contributed by atoms with Crippen LogP contribution in [-0.2, 0) is 23.3 Å². The summed E-state index contributed by atoms with van der Waals surface area (Å²) in [7, 11) is 3.40. The average Bonchev–Trinajstić information content (AvgIpc) is 3.54. The van der Waals surface area contributed by atoms with Crippen LogP contribution in [-0.4, -0.2) is 95.5 Å². The van der Waals surface area contributed by atoms with E-state index in [1.807, 2.05) is 29.1 Å². The number of methoxy groups -OCH3 is 2. The van der Waals surface area contributed by atoms with E-state index in [4.69, 9.17) is 15.2 Å². The third kappa shape index (κ3) is 6.03. The monoisotopic (exact) mass is 716 g/mol. The van der Waals surface area contributed by atoms with Gasteiger partial charge in [0.25, 0.3) is 0 Å². The minimum atomic E-state index is -0.114. The van der Waals surface area contributed by atoms with Crippen LogP contribution in [0.2, 0.25) is 0 Å². The van der Waals surface area contributed by atoms with E-state index >= 15 is 0 Å². The molecule has 1 aliphatic carbocycles. The standard InChI is InChI=1S/C36H45BrN8O3/c1-47-31-20-26-10-15-44(14-5-13-38)36(29(26)21-32(31)48-2)11-8-25(9-12-36)35(46)43-18-16-42(17-19-43)33-28-22-41-45(34(28)40-24-39-33)23-27-6-3-4-7-30(27)37/h3-4,6-7,20-22,24-25H,5,8-19,23,38H2,1-2H3. The van der Waals surface area contributed by atoms with Crippen molar-refractivity contribution in [3.8, 4) is 11.5 Å². The fourth-order valence-corrected chi connectivity index (χ4v) is 8.58. The molecule has 4 aromatic rings. The van der Waals surface area contributed by atoms with Crippen molar-refractivity contribution in [1.82, 2.24) is 29.5 Å². The van der Waals surface area contributed by atoms with Crippen LogP contribution in [0.25, 0.3) is 11.0 Å². The third-order valence-corrected chi connectivity index (χ3v) is 11.5. The van der Waals surface area contributed by atoms with E-state index in [1.54, 1.807) is 20.5 Å². The number of rotatable bonds is 9. The second-order valence-electron chi connectivity index (χ2n) is 13.2. The molecular formula is C36H45BrN8O3. The van der Waals surface area contributed by atoms with E-state index in [0.717, 1.165) is 103 Å². The Morgan fingerprint density at radius 2 is 1.77 bits per heavy atom. The predicted molar refractivity (Wildman–Crippen MR) is 189 cm³/mol. The van der Waals surface area contributed by atoms with Gasteiger partial charge in [0.05, 0.1) is 32.3 Å². The van der Waals surface area contributed by atoms with Crippen LogP contribution in [0.5, 0.6) is 11.5 Å². The van der Waals surface area contributed by atoms with Gasteiger partial charge in [0.15, 0.2) is 17.1 Å². The van der Waals surface area contributed by atoms with E-state index < -0.39 is 0 Å². The van der Waals surface area contributed by atoms with Gasteiger partial charge in [0.1, 0.15) is 12.1 Å². The number of nitrogens with zero attached hydrogens (tertiary/aromatic N) is 7. The van der Waals surface area contributed by atoms with Crippen LogP contribution < -0.4 is 20.1 Å². The summed E-state index contributed by atoms with van der Waals surface area (Å²) in [5.41, 5.74) is 10.5. The van der Waals surface area contributed by atoms with Crippen molar-refractivity contribution in [2.75, 3.05) is 64.9 Å². The normalized spacial score (nSPS) is 21.5. The van der Waals surface area contributed by atoms with E-state index in [-0.39, 0.29) is 17.4 Å². The van der Waals surface area contributed by atoms with E-state index in [0.29, 0.717) is 26.2 Å². The van der Waals surface area contributed by atoms with Crippen LogP contribution in [0.4, 0.5) is 5.82 Å². The smallest absolute Gasteiger partial charge is 0.225 e. The van der Waals surface area contributed by atoms with Crippen LogP contribution in [0.1, 0.15) is 48.8 Å². The van der Waals surface area contributed by atoms with Crippen LogP contribution in [0.15, 0.2) is 53.4 Å². The lowest BCUT2D eigenvalue weighted by Gasteiger charge is -2.52. The molecule has 254 valence electrons. The minimum Gasteiger partial charge on any atom is -0.493 e. The highest BCUT2D eigenvalue weighted by Crippen LogP contribution is 2.50. The molecule has 1 saturated carbocycles. The van der Waals surface area contributed by atoms with Crippen molar-refractivity contribution in [3.05, 3.63) is 70.1 Å². The molecule has 2 aromatic heterocycles. The summed E-state index contributed by atoms with van der Waals surface area (Å²) in [6.07, 6.45) is 9.04. The highest BCUT2D eigenvalue weighted by Gasteiger charge is 2.47. The molecule has 0 bridgehead atoms. The molecular weight excluding hydrogens is 672 g/mol. The maximum Gasteiger partial charge on any atom is 0.225 e. The number of hydrogen-bond donors (Lipinski definition) is 1. The largest absolute Gasteiger partial charge is 0.493 e. The van der Waals surface area contributed by atoms with Crippen molar-refractivity contribution in [1.29, 1.82) is 0 Å². The van der Waals surface area contributed by atoms with E-state index in [1.165, 1.54) is 11.1 Å². The SMILES string of the molecule is COc1cc2c(cc1OC)C1(CCC(C(=O)N3CCN(c4ncnc5c4cnn5Cc4ccccc4Br)CC3)CC1)N(CCCN)CC2. The molecule has 1 spiro atoms. The molecule has 7 rings (SSSR count). The number of hydrogen-bond acceptors (Lipinski definition) is 9. The van der Waals surface area contributed by atoms with E-state index in [2.05, 4.69) is 63.9 Å². The Hall–Kier alpha value is -3.74. The van der Waals surface area contributed by atoms with Crippen LogP contribution in [0.3, 0.4) is 0 Å². The van der Waals surface area contributed by atoms with Gasteiger partial charge in [-0.15, -0.1) is 0 Å². The second-order valence-corrected chi connectivity index (χ2v) is 14.0. The van der Waals surface area contributed by atoms with Crippen molar-refractivity contribution >= 4 is 38.7 Å². The Kier molecular flexibility index (Phi) is 9.57. The zero-order chi connectivity index (χ0) is 33.3. The summed E-state index contributed by atoms with van der Waals surface area (Å²) in [5, 5.41) is 5.59. The molecule has 0 radical (unpaired) electrons. The number of ether oxygens (including phenoxy) is 2. The first kappa shape index (κ1) is 32.8. The topological polar surface area (TPSA) is 115 Å². The first-order valence-electron chi connectivity index (χ1n) is 17.1. The van der Waals surface area contributed by atoms with Gasteiger partial charge in [-0.1, -0.05) is 34.1 Å². The van der Waals surface area contributed by atoms with Gasteiger partial charge in [0, 0.05) is 55.2 Å². The number of benzene rings is 2. The minimum absolute atomic E-state index is 0.0327. The molecule has 1 amide bonds. The summed E-state index contributed by atoms with van der Waals surface area (Å²) < 4.78 is 14.4. The van der Waals surface area contributed by atoms with Crippen LogP contribution in [0, 0.1) is 5.92 Å². The Morgan fingerprint density at radius 3 is 2.50 bits per heavy atom. The maximum atomic E-state index is 14.0. The maximum absolute atomic E-state index is 14.0. The third-order valence-electron chi connectivity index (χ3n) is 10.7. The predicted octanol–water partition coefficient (Wildman–Crippen LogP) is 4.60. The summed E-state index contributed by atoms with van der Waals surface area (Å²) in [6, 6.07) is 12.5. The van der Waals surface area contributed by atoms with Gasteiger partial charge in [-0.3, -0.25) is 9.69 Å². The summed E-state index contributed by atoms with van der Waals surface area (Å²) in [4.78, 5) is 30.2. The molecule has 48 heavy (non-hydrogen) atoms. The van der Waals surface area contributed by atoms with Crippen LogP contribution >= 0.6 is 15.9 Å². The van der Waals surface area contributed by atoms with E-state index in [9.17, 15) is 4.79 Å². The lowest BCUT2D eigenvalue weighted by molar-refractivity contribution is -0.138. The molecule has 0 atom stereocenters. The first-order chi connectivity index (χ1) is 23.5. The van der Waals surface area contributed by atoms with Gasteiger partial charge in [0.2, 0.25) is 5.91 Å². The zero-order valence-electron chi connectivity index (χ0n) is 27.9. The molecule has 2 aromatic carbocycles. The van der Waals surface area contributed by atoms with Gasteiger partial charge in [-0.2, -0.15) is 5.10 Å². The van der Waals surface area contributed by atoms with Crippen molar-refractivity contribution < 1.29 is 14.3 Å². The molecule has 2 N–H and O–H groups in total.